The number of rotatable bonds is 10. The smallest absolute Gasteiger partial charge is 0.162 e. The Hall–Kier alpha value is -2.20. The van der Waals surface area contributed by atoms with Crippen LogP contribution >= 0.6 is 0 Å². The summed E-state index contributed by atoms with van der Waals surface area (Å²) in [6.07, 6.45) is 7.54. The molecule has 3 rings (SSSR count). The summed E-state index contributed by atoms with van der Waals surface area (Å²) in [6, 6.07) is 14.4. The second-order valence-electron chi connectivity index (χ2n) is 8.30. The SMILES string of the molecule is COc1ccc(C2(CCN(C)CCCC(=O)c3ccc(F)cc3)CCCC2)cc1. The highest BCUT2D eigenvalue weighted by molar-refractivity contribution is 5.95. The van der Waals surface area contributed by atoms with Crippen molar-refractivity contribution in [1.82, 2.24) is 4.90 Å². The molecule has 0 heterocycles. The second kappa shape index (κ2) is 10.0. The van der Waals surface area contributed by atoms with E-state index in [4.69, 9.17) is 4.74 Å². The highest BCUT2D eigenvalue weighted by atomic mass is 19.1. The molecule has 0 atom stereocenters. The van der Waals surface area contributed by atoms with Gasteiger partial charge in [0.2, 0.25) is 0 Å². The first-order valence-electron chi connectivity index (χ1n) is 10.6. The third-order valence-electron chi connectivity index (χ3n) is 6.34. The molecule has 0 bridgehead atoms. The van der Waals surface area contributed by atoms with E-state index in [1.165, 1.54) is 43.4 Å². The van der Waals surface area contributed by atoms with Crippen LogP contribution in [0.2, 0.25) is 0 Å². The van der Waals surface area contributed by atoms with Gasteiger partial charge in [-0.05, 0) is 93.2 Å². The Morgan fingerprint density at radius 2 is 1.69 bits per heavy atom. The van der Waals surface area contributed by atoms with E-state index in [1.807, 2.05) is 0 Å². The topological polar surface area (TPSA) is 29.5 Å². The Morgan fingerprint density at radius 3 is 2.31 bits per heavy atom. The van der Waals surface area contributed by atoms with E-state index in [9.17, 15) is 9.18 Å². The van der Waals surface area contributed by atoms with Gasteiger partial charge in [0.05, 0.1) is 7.11 Å². The highest BCUT2D eigenvalue weighted by Crippen LogP contribution is 2.44. The summed E-state index contributed by atoms with van der Waals surface area (Å²) in [4.78, 5) is 14.6. The maximum absolute atomic E-state index is 13.0. The molecule has 2 aromatic rings. The molecule has 0 spiro atoms. The highest BCUT2D eigenvalue weighted by Gasteiger charge is 2.35. The zero-order valence-electron chi connectivity index (χ0n) is 17.6. The molecule has 1 saturated carbocycles. The molecule has 0 aromatic heterocycles. The van der Waals surface area contributed by atoms with Gasteiger partial charge >= 0.3 is 0 Å². The molecule has 0 amide bonds. The zero-order valence-corrected chi connectivity index (χ0v) is 17.6. The van der Waals surface area contributed by atoms with Gasteiger partial charge in [-0.3, -0.25) is 4.79 Å². The number of hydrogen-bond acceptors (Lipinski definition) is 3. The first-order chi connectivity index (χ1) is 14.0. The van der Waals surface area contributed by atoms with Crippen molar-refractivity contribution in [3.8, 4) is 5.75 Å². The Balaban J connectivity index is 1.48. The van der Waals surface area contributed by atoms with Crippen LogP contribution in [-0.4, -0.2) is 37.9 Å². The van der Waals surface area contributed by atoms with Crippen LogP contribution in [0.15, 0.2) is 48.5 Å². The van der Waals surface area contributed by atoms with Crippen LogP contribution in [0.3, 0.4) is 0 Å². The minimum Gasteiger partial charge on any atom is -0.497 e. The normalized spacial score (nSPS) is 15.6. The van der Waals surface area contributed by atoms with Gasteiger partial charge in [0, 0.05) is 12.0 Å². The van der Waals surface area contributed by atoms with Gasteiger partial charge in [-0.15, -0.1) is 0 Å². The van der Waals surface area contributed by atoms with E-state index in [-0.39, 0.29) is 17.0 Å². The molecule has 0 N–H and O–H groups in total. The van der Waals surface area contributed by atoms with E-state index in [1.54, 1.807) is 19.2 Å². The van der Waals surface area contributed by atoms with Crippen LogP contribution in [0.5, 0.6) is 5.75 Å². The van der Waals surface area contributed by atoms with Gasteiger partial charge in [0.15, 0.2) is 5.78 Å². The van der Waals surface area contributed by atoms with Crippen LogP contribution in [0.4, 0.5) is 4.39 Å². The number of nitrogens with zero attached hydrogens (tertiary/aromatic N) is 1. The minimum absolute atomic E-state index is 0.0869. The average Bonchev–Trinajstić information content (AvgIpc) is 3.23. The number of methoxy groups -OCH3 is 1. The molecule has 156 valence electrons. The fourth-order valence-electron chi connectivity index (χ4n) is 4.49. The first kappa shape index (κ1) is 21.5. The third kappa shape index (κ3) is 5.66. The summed E-state index contributed by atoms with van der Waals surface area (Å²) in [7, 11) is 3.84. The number of benzene rings is 2. The van der Waals surface area contributed by atoms with E-state index >= 15 is 0 Å². The van der Waals surface area contributed by atoms with Crippen molar-refractivity contribution in [1.29, 1.82) is 0 Å². The number of halogens is 1. The van der Waals surface area contributed by atoms with Gasteiger partial charge in [-0.1, -0.05) is 25.0 Å². The fraction of sp³-hybridized carbons (Fsp3) is 0.480. The van der Waals surface area contributed by atoms with Crippen molar-refractivity contribution in [3.63, 3.8) is 0 Å². The molecule has 4 heteroatoms. The van der Waals surface area contributed by atoms with Gasteiger partial charge in [0.25, 0.3) is 0 Å². The molecule has 1 aliphatic carbocycles. The summed E-state index contributed by atoms with van der Waals surface area (Å²) in [5.74, 6) is 0.688. The minimum atomic E-state index is -0.306. The predicted molar refractivity (Wildman–Crippen MR) is 115 cm³/mol. The number of ether oxygens (including phenoxy) is 1. The van der Waals surface area contributed by atoms with Crippen molar-refractivity contribution in [3.05, 3.63) is 65.5 Å². The molecule has 0 unspecified atom stereocenters. The number of carbonyl (C=O) groups excluding carboxylic acids is 1. The van der Waals surface area contributed by atoms with E-state index < -0.39 is 0 Å². The lowest BCUT2D eigenvalue weighted by Gasteiger charge is -2.32. The maximum Gasteiger partial charge on any atom is 0.162 e. The predicted octanol–water partition coefficient (Wildman–Crippen LogP) is 5.63. The average molecular weight is 398 g/mol. The van der Waals surface area contributed by atoms with Crippen LogP contribution in [0.1, 0.15) is 60.9 Å². The summed E-state index contributed by atoms with van der Waals surface area (Å²) < 4.78 is 18.3. The number of hydrogen-bond donors (Lipinski definition) is 0. The molecule has 29 heavy (non-hydrogen) atoms. The first-order valence-corrected chi connectivity index (χ1v) is 10.6. The zero-order chi connectivity index (χ0) is 20.7. The molecular formula is C25H32FNO2. The molecule has 3 nitrogen and oxygen atoms in total. The fourth-order valence-corrected chi connectivity index (χ4v) is 4.49. The van der Waals surface area contributed by atoms with Gasteiger partial charge in [-0.2, -0.15) is 0 Å². The largest absolute Gasteiger partial charge is 0.497 e. The van der Waals surface area contributed by atoms with Crippen LogP contribution < -0.4 is 4.74 Å². The van der Waals surface area contributed by atoms with Gasteiger partial charge < -0.3 is 9.64 Å². The second-order valence-corrected chi connectivity index (χ2v) is 8.30. The number of ketones is 1. The summed E-state index contributed by atoms with van der Waals surface area (Å²) >= 11 is 0. The number of Topliss-reactive ketones (excluding diaryl/α,β-unsaturated/α-hetero) is 1. The Bertz CT molecular complexity index is 779. The van der Waals surface area contributed by atoms with E-state index in [0.717, 1.165) is 31.7 Å². The lowest BCUT2D eigenvalue weighted by Crippen LogP contribution is -2.30. The Labute approximate surface area is 173 Å². The van der Waals surface area contributed by atoms with Crippen LogP contribution in [-0.2, 0) is 5.41 Å². The van der Waals surface area contributed by atoms with Crippen molar-refractivity contribution < 1.29 is 13.9 Å². The molecule has 2 aromatic carbocycles. The molecule has 0 saturated heterocycles. The molecular weight excluding hydrogens is 365 g/mol. The summed E-state index contributed by atoms with van der Waals surface area (Å²) in [5.41, 5.74) is 2.29. The quantitative estimate of drug-likeness (QED) is 0.487. The standard InChI is InChI=1S/C25H32FNO2/c1-27(18-5-6-24(28)20-7-11-22(26)12-8-20)19-17-25(15-3-4-16-25)21-9-13-23(29-2)14-10-21/h7-14H,3-6,15-19H2,1-2H3. The van der Waals surface area contributed by atoms with Crippen molar-refractivity contribution in [2.45, 2.75) is 50.4 Å². The molecule has 1 aliphatic rings. The lowest BCUT2D eigenvalue weighted by atomic mass is 9.76. The maximum atomic E-state index is 13.0. The van der Waals surface area contributed by atoms with Crippen LogP contribution in [0, 0.1) is 5.82 Å². The van der Waals surface area contributed by atoms with E-state index in [0.29, 0.717) is 12.0 Å². The molecule has 1 fully saturated rings. The van der Waals surface area contributed by atoms with Crippen molar-refractivity contribution in [2.75, 3.05) is 27.2 Å². The Kier molecular flexibility index (Phi) is 7.43. The Morgan fingerprint density at radius 1 is 1.03 bits per heavy atom. The van der Waals surface area contributed by atoms with Gasteiger partial charge in [0.1, 0.15) is 11.6 Å². The number of carbonyl (C=O) groups is 1. The van der Waals surface area contributed by atoms with Crippen molar-refractivity contribution in [2.24, 2.45) is 0 Å². The summed E-state index contributed by atoms with van der Waals surface area (Å²) in [5, 5.41) is 0. The third-order valence-corrected chi connectivity index (χ3v) is 6.34. The molecule has 0 aliphatic heterocycles. The van der Waals surface area contributed by atoms with Crippen LogP contribution in [0.25, 0.3) is 0 Å². The molecule has 0 radical (unpaired) electrons. The van der Waals surface area contributed by atoms with E-state index in [2.05, 4.69) is 36.2 Å². The monoisotopic (exact) mass is 397 g/mol. The lowest BCUT2D eigenvalue weighted by molar-refractivity contribution is 0.0975. The van der Waals surface area contributed by atoms with Crippen molar-refractivity contribution >= 4 is 5.78 Å². The van der Waals surface area contributed by atoms with Gasteiger partial charge in [-0.25, -0.2) is 4.39 Å². The summed E-state index contributed by atoms with van der Waals surface area (Å²) in [6.45, 7) is 1.92.